The quantitative estimate of drug-likeness (QED) is 0.0369. The average Bonchev–Trinajstić information content (AvgIpc) is 3.12. The summed E-state index contributed by atoms with van der Waals surface area (Å²) in [6.45, 7) is -4.82. The molecular weight excluding hydrogens is 856 g/mol. The summed E-state index contributed by atoms with van der Waals surface area (Å²) in [5, 5.41) is 47.6. The van der Waals surface area contributed by atoms with Crippen molar-refractivity contribution in [2.45, 2.75) is 0 Å². The van der Waals surface area contributed by atoms with E-state index >= 15 is 4.39 Å². The molecule has 15 nitrogen and oxygen atoms in total. The topological polar surface area (TPSA) is 205 Å². The second-order valence-electron chi connectivity index (χ2n) is 12.9. The summed E-state index contributed by atoms with van der Waals surface area (Å²) in [5.41, 5.74) is 2.86. The molecule has 0 amide bonds. The Morgan fingerprint density at radius 1 is 0.695 bits per heavy atom. The van der Waals surface area contributed by atoms with Gasteiger partial charge in [-0.1, -0.05) is 6.07 Å². The Labute approximate surface area is 465 Å². The molecule has 59 heavy (non-hydrogen) atoms. The molecule has 0 fully saturated rings. The van der Waals surface area contributed by atoms with Gasteiger partial charge in [-0.3, -0.25) is 0 Å². The average molecular weight is 891 g/mol. The van der Waals surface area contributed by atoms with Crippen LogP contribution in [0.5, 0.6) is 11.5 Å². The normalized spacial score (nSPS) is 10.4. The van der Waals surface area contributed by atoms with Crippen LogP contribution in [0, 0.1) is 11.6 Å². The number of rotatable bonds is 17. The van der Waals surface area contributed by atoms with E-state index in [0.29, 0.717) is 44.4 Å². The Morgan fingerprint density at radius 3 is 1.81 bits per heavy atom. The van der Waals surface area contributed by atoms with Crippen LogP contribution in [-0.2, 0) is 19.2 Å². The maximum absolute atomic E-state index is 15.1. The van der Waals surface area contributed by atoms with Crippen LogP contribution in [0.2, 0.25) is 0 Å². The number of carboxylic acid groups (broad SMARTS) is 4. The monoisotopic (exact) mass is 890 g/mol. The summed E-state index contributed by atoms with van der Waals surface area (Å²) in [6, 6.07) is 17.5. The standard InChI is InChI=1S/C39H38F2N4O11.3K/c1-42(2)23-6-8-25-30(16-23)56-31-17-24(43(3)4)7-9-26(31)37(25)22-5-11-28(44(18-33(46)47)19-34(48)49)32(15-22)54-13-14-55-39-29(12-10-27(40)38(39)41)45(20-35(50)51)21-36(52)53;;;/h5-12,15-17H,13-14,18-21H2,1-4H3,(H3-,46,47,48,49,50,51,52,53);;;/q;3*+1/p-3. The largest absolute Gasteiger partial charge is 1.00 e. The van der Waals surface area contributed by atoms with Crippen molar-refractivity contribution in [1.82, 2.24) is 4.58 Å². The molecule has 3 aromatic rings. The van der Waals surface area contributed by atoms with E-state index in [0.717, 1.165) is 22.0 Å². The van der Waals surface area contributed by atoms with Crippen LogP contribution in [0.25, 0.3) is 33.4 Å². The number of anilines is 3. The summed E-state index contributed by atoms with van der Waals surface area (Å²) in [4.78, 5) is 49.6. The first-order chi connectivity index (χ1) is 26.5. The van der Waals surface area contributed by atoms with Crippen molar-refractivity contribution in [2.75, 3.05) is 82.3 Å². The second-order valence-corrected chi connectivity index (χ2v) is 12.9. The first-order valence-electron chi connectivity index (χ1n) is 16.9. The van der Waals surface area contributed by atoms with Gasteiger partial charge in [0.05, 0.1) is 67.5 Å². The Hall–Kier alpha value is -2.00. The predicted octanol–water partition coefficient (Wildman–Crippen LogP) is -10.3. The van der Waals surface area contributed by atoms with Crippen LogP contribution in [0.15, 0.2) is 71.1 Å². The number of fused-ring (bicyclic) bond motifs is 2. The third kappa shape index (κ3) is 13.7. The molecule has 0 N–H and O–H groups in total. The molecule has 5 rings (SSSR count). The van der Waals surface area contributed by atoms with Crippen molar-refractivity contribution in [3.63, 3.8) is 0 Å². The minimum absolute atomic E-state index is 0. The fourth-order valence-electron chi connectivity index (χ4n) is 6.06. The van der Waals surface area contributed by atoms with E-state index in [1.54, 1.807) is 6.07 Å². The van der Waals surface area contributed by atoms with Crippen molar-refractivity contribution < 1.29 is 216 Å². The molecule has 1 heterocycles. The van der Waals surface area contributed by atoms with Crippen molar-refractivity contribution in [3.8, 4) is 33.9 Å². The summed E-state index contributed by atoms with van der Waals surface area (Å²) in [6.07, 6.45) is 0. The molecule has 0 atom stereocenters. The summed E-state index contributed by atoms with van der Waals surface area (Å²) >= 11 is 0. The number of halogens is 2. The Balaban J connectivity index is 0.00000400. The predicted molar refractivity (Wildman–Crippen MR) is 192 cm³/mol. The van der Waals surface area contributed by atoms with E-state index in [-0.39, 0.29) is 166 Å². The molecule has 0 radical (unpaired) electrons. The van der Waals surface area contributed by atoms with E-state index < -0.39 is 86.3 Å². The molecule has 0 spiro atoms. The zero-order valence-corrected chi connectivity index (χ0v) is 43.0. The third-order valence-electron chi connectivity index (χ3n) is 8.55. The SMILES string of the molecule is CN(C)c1ccc2c(-c3ccc(N(CC(=O)[O-])CC(=O)[O-])c(OCCOc4c(N(CC(=O)[O-])CC(=O)[O-])ccc(F)c4F)c3)c3ccc(=[N+](C)C)cc-3oc2c1.[K+].[K+].[K+]. The second kappa shape index (κ2) is 24.0. The summed E-state index contributed by atoms with van der Waals surface area (Å²) in [7, 11) is 7.52. The molecule has 1 aliphatic heterocycles. The first kappa shape index (κ1) is 53.1. The zero-order valence-electron chi connectivity index (χ0n) is 33.6. The minimum atomic E-state index is -1.72. The van der Waals surface area contributed by atoms with Crippen LogP contribution >= 0.6 is 0 Å². The first-order valence-corrected chi connectivity index (χ1v) is 16.9. The van der Waals surface area contributed by atoms with Gasteiger partial charge in [-0.25, -0.2) is 8.97 Å². The summed E-state index contributed by atoms with van der Waals surface area (Å²) < 4.78 is 49.2. The van der Waals surface area contributed by atoms with E-state index in [1.165, 1.54) is 12.1 Å². The number of carbonyl (C=O) groups is 4. The molecule has 294 valence electrons. The molecule has 0 saturated heterocycles. The molecule has 0 saturated carbocycles. The van der Waals surface area contributed by atoms with Crippen LogP contribution in [0.1, 0.15) is 0 Å². The fraction of sp³-hybridized carbons (Fsp3) is 0.256. The molecule has 0 aromatic heterocycles. The van der Waals surface area contributed by atoms with Crippen molar-refractivity contribution in [3.05, 3.63) is 83.7 Å². The number of carbonyl (C=O) groups excluding carboxylic acids is 4. The van der Waals surface area contributed by atoms with Gasteiger partial charge >= 0.3 is 154 Å². The zero-order chi connectivity index (χ0) is 40.8. The van der Waals surface area contributed by atoms with Gasteiger partial charge in [0, 0.05) is 48.4 Å². The van der Waals surface area contributed by atoms with Crippen LogP contribution in [0.4, 0.5) is 25.8 Å². The van der Waals surface area contributed by atoms with E-state index in [9.17, 15) is 44.0 Å². The minimum Gasteiger partial charge on any atom is -0.548 e. The van der Waals surface area contributed by atoms with Gasteiger partial charge in [-0.2, -0.15) is 4.39 Å². The molecular formula is C39H35F2K3N4O11. The number of ether oxygens (including phenoxy) is 2. The Bertz CT molecular complexity index is 2340. The molecule has 0 unspecified atom stereocenters. The molecule has 0 bridgehead atoms. The maximum atomic E-state index is 15.1. The molecule has 20 heteroatoms. The van der Waals surface area contributed by atoms with Crippen molar-refractivity contribution in [1.29, 1.82) is 0 Å². The molecule has 1 aliphatic carbocycles. The summed E-state index contributed by atoms with van der Waals surface area (Å²) in [5.74, 6) is -9.95. The van der Waals surface area contributed by atoms with Gasteiger partial charge in [-0.15, -0.1) is 0 Å². The number of hydrogen-bond acceptors (Lipinski definition) is 14. The van der Waals surface area contributed by atoms with Gasteiger partial charge < -0.3 is 68.2 Å². The number of aliphatic carboxylic acids is 4. The molecule has 3 aromatic carbocycles. The van der Waals surface area contributed by atoms with E-state index in [1.807, 2.05) is 74.1 Å². The van der Waals surface area contributed by atoms with Crippen LogP contribution < -0.4 is 209 Å². The van der Waals surface area contributed by atoms with Gasteiger partial charge in [0.25, 0.3) is 0 Å². The van der Waals surface area contributed by atoms with Gasteiger partial charge in [0.15, 0.2) is 11.6 Å². The van der Waals surface area contributed by atoms with E-state index in [2.05, 4.69) is 0 Å². The van der Waals surface area contributed by atoms with Crippen LogP contribution in [0.3, 0.4) is 0 Å². The van der Waals surface area contributed by atoms with Gasteiger partial charge in [-0.05, 0) is 48.0 Å². The van der Waals surface area contributed by atoms with E-state index in [4.69, 9.17) is 13.9 Å². The molecule has 2 aliphatic rings. The van der Waals surface area contributed by atoms with Crippen molar-refractivity contribution >= 4 is 51.9 Å². The third-order valence-corrected chi connectivity index (χ3v) is 8.55. The number of nitrogens with zero attached hydrogens (tertiary/aromatic N) is 4. The Kier molecular flexibility index (Phi) is 21.6. The van der Waals surface area contributed by atoms with Crippen molar-refractivity contribution in [2.24, 2.45) is 0 Å². The van der Waals surface area contributed by atoms with Gasteiger partial charge in [0.2, 0.25) is 11.2 Å². The van der Waals surface area contributed by atoms with Gasteiger partial charge in [0.1, 0.15) is 44.4 Å². The fourth-order valence-corrected chi connectivity index (χ4v) is 6.06. The number of benzene rings is 4. The smallest absolute Gasteiger partial charge is 0.548 e. The number of hydrogen-bond donors (Lipinski definition) is 0. The number of carboxylic acids is 4. The Morgan fingerprint density at radius 2 is 1.25 bits per heavy atom. The maximum Gasteiger partial charge on any atom is 1.00 e. The van der Waals surface area contributed by atoms with Crippen LogP contribution in [-0.4, -0.2) is 91.5 Å².